The van der Waals surface area contributed by atoms with Gasteiger partial charge in [0, 0.05) is 23.6 Å². The van der Waals surface area contributed by atoms with Crippen molar-refractivity contribution in [2.45, 2.75) is 31.7 Å². The number of halogens is 1. The molecule has 1 aliphatic carbocycles. The Morgan fingerprint density at radius 1 is 0.971 bits per heavy atom. The molecule has 0 saturated heterocycles. The average molecular weight is 475 g/mol. The van der Waals surface area contributed by atoms with Gasteiger partial charge in [-0.1, -0.05) is 48.0 Å². The highest BCUT2D eigenvalue weighted by atomic mass is 35.5. The molecule has 2 atom stereocenters. The third-order valence-electron chi connectivity index (χ3n) is 6.48. The number of anilines is 2. The number of para-hydroxylation sites is 3. The molecule has 2 aliphatic rings. The second-order valence-electron chi connectivity index (χ2n) is 8.53. The van der Waals surface area contributed by atoms with Gasteiger partial charge in [-0.15, -0.1) is 0 Å². The zero-order chi connectivity index (χ0) is 23.7. The van der Waals surface area contributed by atoms with E-state index in [1.165, 1.54) is 0 Å². The van der Waals surface area contributed by atoms with Crippen molar-refractivity contribution >= 4 is 28.8 Å². The molecule has 0 bridgehead atoms. The molecule has 0 spiro atoms. The maximum Gasteiger partial charge on any atom is 0.163 e. The molecule has 3 aromatic rings. The number of fused-ring (bicyclic) bond motifs is 1. The number of allylic oxidation sites excluding steroid dienone is 1. The summed E-state index contributed by atoms with van der Waals surface area (Å²) in [5.41, 5.74) is 5.54. The predicted octanol–water partition coefficient (Wildman–Crippen LogP) is 6.73. The van der Waals surface area contributed by atoms with Gasteiger partial charge in [-0.05, 0) is 54.8 Å². The van der Waals surface area contributed by atoms with Crippen LogP contribution in [0.5, 0.6) is 11.5 Å². The molecule has 2 unspecified atom stereocenters. The van der Waals surface area contributed by atoms with E-state index in [0.29, 0.717) is 30.2 Å². The van der Waals surface area contributed by atoms with Crippen molar-refractivity contribution in [2.24, 2.45) is 0 Å². The van der Waals surface area contributed by atoms with Crippen LogP contribution in [0.3, 0.4) is 0 Å². The van der Waals surface area contributed by atoms with Crippen LogP contribution in [-0.2, 0) is 4.79 Å². The first kappa shape index (κ1) is 22.4. The SMILES string of the molecule is CCOc1ccc(C2Nc3ccccc3NC3=C2C(=O)CC(c2ccccc2OC)C3)cc1Cl. The fourth-order valence-corrected chi connectivity index (χ4v) is 5.18. The van der Waals surface area contributed by atoms with Gasteiger partial charge in [0.05, 0.1) is 36.2 Å². The van der Waals surface area contributed by atoms with Crippen molar-refractivity contribution in [2.75, 3.05) is 24.4 Å². The van der Waals surface area contributed by atoms with E-state index in [1.807, 2.05) is 67.6 Å². The Bertz CT molecular complexity index is 1270. The molecule has 0 fully saturated rings. The Labute approximate surface area is 204 Å². The highest BCUT2D eigenvalue weighted by Crippen LogP contribution is 2.46. The molecule has 1 aliphatic heterocycles. The van der Waals surface area contributed by atoms with Gasteiger partial charge in [0.2, 0.25) is 0 Å². The first-order valence-corrected chi connectivity index (χ1v) is 11.9. The summed E-state index contributed by atoms with van der Waals surface area (Å²) in [7, 11) is 1.67. The first-order chi connectivity index (χ1) is 16.6. The summed E-state index contributed by atoms with van der Waals surface area (Å²) < 4.78 is 11.2. The maximum atomic E-state index is 13.7. The van der Waals surface area contributed by atoms with E-state index < -0.39 is 0 Å². The van der Waals surface area contributed by atoms with Gasteiger partial charge in [0.25, 0.3) is 0 Å². The van der Waals surface area contributed by atoms with Crippen LogP contribution in [0.25, 0.3) is 0 Å². The molecule has 5 rings (SSSR count). The zero-order valence-corrected chi connectivity index (χ0v) is 20.0. The Hall–Kier alpha value is -3.44. The van der Waals surface area contributed by atoms with Crippen LogP contribution in [0, 0.1) is 0 Å². The fraction of sp³-hybridized carbons (Fsp3) is 0.250. The highest BCUT2D eigenvalue weighted by molar-refractivity contribution is 6.32. The van der Waals surface area contributed by atoms with Crippen LogP contribution in [0.15, 0.2) is 78.0 Å². The van der Waals surface area contributed by atoms with Crippen molar-refractivity contribution in [1.29, 1.82) is 0 Å². The van der Waals surface area contributed by atoms with Crippen LogP contribution in [0.1, 0.15) is 42.9 Å². The van der Waals surface area contributed by atoms with E-state index in [2.05, 4.69) is 16.7 Å². The quantitative estimate of drug-likeness (QED) is 0.429. The Kier molecular flexibility index (Phi) is 6.20. The lowest BCUT2D eigenvalue weighted by Gasteiger charge is -2.30. The molecule has 0 saturated carbocycles. The van der Waals surface area contributed by atoms with Gasteiger partial charge in [0.1, 0.15) is 11.5 Å². The lowest BCUT2D eigenvalue weighted by atomic mass is 9.78. The first-order valence-electron chi connectivity index (χ1n) is 11.5. The molecule has 5 nitrogen and oxygen atoms in total. The minimum absolute atomic E-state index is 0.0322. The van der Waals surface area contributed by atoms with E-state index in [0.717, 1.165) is 39.5 Å². The van der Waals surface area contributed by atoms with Gasteiger partial charge in [-0.25, -0.2) is 0 Å². The third kappa shape index (κ3) is 4.12. The summed E-state index contributed by atoms with van der Waals surface area (Å²) >= 11 is 6.53. The number of rotatable bonds is 5. The van der Waals surface area contributed by atoms with E-state index >= 15 is 0 Å². The van der Waals surface area contributed by atoms with Crippen molar-refractivity contribution in [3.63, 3.8) is 0 Å². The van der Waals surface area contributed by atoms with Crippen molar-refractivity contribution in [3.05, 3.63) is 94.1 Å². The number of carbonyl (C=O) groups excluding carboxylic acids is 1. The molecule has 174 valence electrons. The van der Waals surface area contributed by atoms with Gasteiger partial charge in [-0.3, -0.25) is 4.79 Å². The second kappa shape index (κ2) is 9.43. The predicted molar refractivity (Wildman–Crippen MR) is 136 cm³/mol. The van der Waals surface area contributed by atoms with E-state index in [-0.39, 0.29) is 17.7 Å². The number of ether oxygens (including phenoxy) is 2. The maximum absolute atomic E-state index is 13.7. The summed E-state index contributed by atoms with van der Waals surface area (Å²) in [6.45, 7) is 2.46. The Morgan fingerprint density at radius 2 is 1.74 bits per heavy atom. The molecule has 34 heavy (non-hydrogen) atoms. The Balaban J connectivity index is 1.60. The minimum atomic E-state index is -0.328. The summed E-state index contributed by atoms with van der Waals surface area (Å²) in [6, 6.07) is 21.4. The largest absolute Gasteiger partial charge is 0.496 e. The number of methoxy groups -OCH3 is 1. The number of benzene rings is 3. The number of Topliss-reactive ketones (excluding diaryl/α,β-unsaturated/α-hetero) is 1. The standard InChI is InChI=1S/C28H27ClN2O3/c1-3-34-26-13-12-17(14-20(26)29)28-27-23(30-21-9-5-6-10-22(21)31-28)15-18(16-24(27)32)19-8-4-7-11-25(19)33-2/h4-14,18,28,30-31H,3,15-16H2,1-2H3. The van der Waals surface area contributed by atoms with Crippen LogP contribution < -0.4 is 20.1 Å². The lowest BCUT2D eigenvalue weighted by molar-refractivity contribution is -0.116. The van der Waals surface area contributed by atoms with Crippen molar-refractivity contribution in [3.8, 4) is 11.5 Å². The van der Waals surface area contributed by atoms with Gasteiger partial charge < -0.3 is 20.1 Å². The number of hydrogen-bond acceptors (Lipinski definition) is 5. The van der Waals surface area contributed by atoms with Crippen LogP contribution in [0.2, 0.25) is 5.02 Å². The molecule has 0 aromatic heterocycles. The fourth-order valence-electron chi connectivity index (χ4n) is 4.94. The second-order valence-corrected chi connectivity index (χ2v) is 8.94. The molecule has 2 N–H and O–H groups in total. The third-order valence-corrected chi connectivity index (χ3v) is 6.77. The lowest BCUT2D eigenvalue weighted by Crippen LogP contribution is -2.27. The normalized spacial score (nSPS) is 19.3. The molecular weight excluding hydrogens is 448 g/mol. The van der Waals surface area contributed by atoms with Gasteiger partial charge in [0.15, 0.2) is 5.78 Å². The molecule has 1 heterocycles. The number of ketones is 1. The Morgan fingerprint density at radius 3 is 2.50 bits per heavy atom. The monoisotopic (exact) mass is 474 g/mol. The van der Waals surface area contributed by atoms with Gasteiger partial charge in [-0.2, -0.15) is 0 Å². The summed E-state index contributed by atoms with van der Waals surface area (Å²) in [5.74, 6) is 1.59. The summed E-state index contributed by atoms with van der Waals surface area (Å²) in [5, 5.41) is 7.70. The van der Waals surface area contributed by atoms with E-state index in [4.69, 9.17) is 21.1 Å². The molecular formula is C28H27ClN2O3. The highest BCUT2D eigenvalue weighted by Gasteiger charge is 2.37. The van der Waals surface area contributed by atoms with E-state index in [9.17, 15) is 4.79 Å². The molecule has 3 aromatic carbocycles. The summed E-state index contributed by atoms with van der Waals surface area (Å²) in [4.78, 5) is 13.7. The van der Waals surface area contributed by atoms with Gasteiger partial charge >= 0.3 is 0 Å². The van der Waals surface area contributed by atoms with Crippen LogP contribution in [-0.4, -0.2) is 19.5 Å². The topological polar surface area (TPSA) is 59.6 Å². The summed E-state index contributed by atoms with van der Waals surface area (Å²) in [6.07, 6.45) is 1.12. The van der Waals surface area contributed by atoms with Crippen molar-refractivity contribution in [1.82, 2.24) is 0 Å². The molecule has 0 radical (unpaired) electrons. The smallest absolute Gasteiger partial charge is 0.163 e. The van der Waals surface area contributed by atoms with E-state index in [1.54, 1.807) is 7.11 Å². The number of hydrogen-bond donors (Lipinski definition) is 2. The van der Waals surface area contributed by atoms with Crippen molar-refractivity contribution < 1.29 is 14.3 Å². The zero-order valence-electron chi connectivity index (χ0n) is 19.2. The minimum Gasteiger partial charge on any atom is -0.496 e. The average Bonchev–Trinajstić information content (AvgIpc) is 3.02. The number of nitrogens with one attached hydrogen (secondary N) is 2. The molecule has 0 amide bonds. The van der Waals surface area contributed by atoms with Crippen LogP contribution in [0.4, 0.5) is 11.4 Å². The molecule has 6 heteroatoms. The number of carbonyl (C=O) groups is 1. The van der Waals surface area contributed by atoms with Crippen LogP contribution >= 0.6 is 11.6 Å².